The number of rotatable bonds is 3. The Labute approximate surface area is 144 Å². The number of anilines is 1. The summed E-state index contributed by atoms with van der Waals surface area (Å²) >= 11 is 0. The Balaban J connectivity index is 1.60. The van der Waals surface area contributed by atoms with Crippen molar-refractivity contribution < 1.29 is 9.21 Å². The maximum absolute atomic E-state index is 12.6. The molecule has 7 heteroatoms. The number of carbonyl (C=O) groups is 1. The molecule has 1 amide bonds. The zero-order valence-corrected chi connectivity index (χ0v) is 13.7. The highest BCUT2D eigenvalue weighted by Crippen LogP contribution is 2.31. The fourth-order valence-electron chi connectivity index (χ4n) is 3.18. The third-order valence-corrected chi connectivity index (χ3v) is 4.39. The molecule has 1 atom stereocenters. The zero-order chi connectivity index (χ0) is 17.4. The molecule has 7 nitrogen and oxygen atoms in total. The van der Waals surface area contributed by atoms with E-state index in [2.05, 4.69) is 26.3 Å². The number of fused-ring (bicyclic) bond motifs is 1. The number of oxazole rings is 1. The lowest BCUT2D eigenvalue weighted by molar-refractivity contribution is 0.0932. The topological polar surface area (TPSA) is 107 Å². The third kappa shape index (κ3) is 2.73. The number of carbonyl (C=O) groups excluding carboxylic acids is 1. The number of aromatic nitrogens is 3. The highest BCUT2D eigenvalue weighted by atomic mass is 16.3. The van der Waals surface area contributed by atoms with E-state index in [4.69, 9.17) is 10.2 Å². The fraction of sp³-hybridized carbons (Fsp3) is 0.222. The third-order valence-electron chi connectivity index (χ3n) is 4.39. The summed E-state index contributed by atoms with van der Waals surface area (Å²) in [5.41, 5.74) is 9.47. The van der Waals surface area contributed by atoms with Crippen molar-refractivity contribution in [3.05, 3.63) is 59.2 Å². The van der Waals surface area contributed by atoms with Crippen LogP contribution >= 0.6 is 0 Å². The molecule has 0 saturated carbocycles. The van der Waals surface area contributed by atoms with Gasteiger partial charge in [-0.1, -0.05) is 24.3 Å². The van der Waals surface area contributed by atoms with Crippen molar-refractivity contribution in [1.29, 1.82) is 0 Å². The second kappa shape index (κ2) is 6.01. The van der Waals surface area contributed by atoms with Gasteiger partial charge in [0.25, 0.3) is 5.91 Å². The average Bonchev–Trinajstić information content (AvgIpc) is 3.27. The lowest BCUT2D eigenvalue weighted by atomic mass is 10.1. The first-order valence-electron chi connectivity index (χ1n) is 8.06. The van der Waals surface area contributed by atoms with Crippen LogP contribution in [0, 0.1) is 6.92 Å². The number of aryl methyl sites for hydroxylation is 2. The van der Waals surface area contributed by atoms with E-state index in [1.165, 1.54) is 18.0 Å². The van der Waals surface area contributed by atoms with Crippen LogP contribution in [-0.2, 0) is 6.42 Å². The molecule has 0 saturated heterocycles. The van der Waals surface area contributed by atoms with E-state index in [1.54, 1.807) is 6.92 Å². The van der Waals surface area contributed by atoms with E-state index in [0.29, 0.717) is 17.3 Å². The Morgan fingerprint density at radius 3 is 2.96 bits per heavy atom. The molecule has 25 heavy (non-hydrogen) atoms. The van der Waals surface area contributed by atoms with E-state index >= 15 is 0 Å². The molecule has 1 aliphatic carbocycles. The molecule has 0 radical (unpaired) electrons. The summed E-state index contributed by atoms with van der Waals surface area (Å²) in [7, 11) is 0. The number of nitrogens with one attached hydrogen (secondary N) is 1. The molecule has 126 valence electrons. The van der Waals surface area contributed by atoms with Gasteiger partial charge in [-0.15, -0.1) is 0 Å². The lowest BCUT2D eigenvalue weighted by Crippen LogP contribution is -2.29. The van der Waals surface area contributed by atoms with Crippen LogP contribution in [0.2, 0.25) is 0 Å². The van der Waals surface area contributed by atoms with Crippen LogP contribution in [0.4, 0.5) is 5.82 Å². The van der Waals surface area contributed by atoms with Crippen molar-refractivity contribution in [3.63, 3.8) is 0 Å². The molecule has 3 aromatic rings. The summed E-state index contributed by atoms with van der Waals surface area (Å²) in [6.07, 6.45) is 4.78. The van der Waals surface area contributed by atoms with Crippen LogP contribution in [-0.4, -0.2) is 20.9 Å². The van der Waals surface area contributed by atoms with Gasteiger partial charge in [0, 0.05) is 0 Å². The number of hydrogen-bond acceptors (Lipinski definition) is 6. The predicted octanol–water partition coefficient (Wildman–Crippen LogP) is 2.44. The van der Waals surface area contributed by atoms with Gasteiger partial charge in [0.15, 0.2) is 11.5 Å². The minimum Gasteiger partial charge on any atom is -0.443 e. The molecule has 2 aromatic heterocycles. The zero-order valence-electron chi connectivity index (χ0n) is 13.7. The molecule has 2 heterocycles. The molecule has 3 N–H and O–H groups in total. The maximum Gasteiger partial charge on any atom is 0.274 e. The van der Waals surface area contributed by atoms with Gasteiger partial charge in [-0.25, -0.2) is 15.0 Å². The van der Waals surface area contributed by atoms with Crippen molar-refractivity contribution in [1.82, 2.24) is 20.3 Å². The SMILES string of the molecule is Cc1nc(C(=O)N[C@@H]2CCc3ccccc32)c(N)nc1-c1ncco1. The van der Waals surface area contributed by atoms with Crippen molar-refractivity contribution >= 4 is 11.7 Å². The molecule has 1 aliphatic rings. The molecular formula is C18H17N5O2. The molecular weight excluding hydrogens is 318 g/mol. The number of nitrogen functional groups attached to an aromatic ring is 1. The smallest absolute Gasteiger partial charge is 0.274 e. The van der Waals surface area contributed by atoms with Crippen molar-refractivity contribution in [2.24, 2.45) is 0 Å². The summed E-state index contributed by atoms with van der Waals surface area (Å²) in [6, 6.07) is 8.09. The van der Waals surface area contributed by atoms with Crippen LogP contribution in [0.3, 0.4) is 0 Å². The van der Waals surface area contributed by atoms with Gasteiger partial charge in [0.1, 0.15) is 12.0 Å². The van der Waals surface area contributed by atoms with Gasteiger partial charge in [0.05, 0.1) is 17.9 Å². The summed E-state index contributed by atoms with van der Waals surface area (Å²) in [5, 5.41) is 3.01. The second-order valence-electron chi connectivity index (χ2n) is 5.99. The van der Waals surface area contributed by atoms with Crippen LogP contribution in [0.5, 0.6) is 0 Å². The highest BCUT2D eigenvalue weighted by Gasteiger charge is 2.26. The Hall–Kier alpha value is -3.22. The standard InChI is InChI=1S/C18H17N5O2/c1-10-14(18-20-8-9-25-18)23-16(19)15(21-10)17(24)22-13-7-6-11-4-2-3-5-12(11)13/h2-5,8-9,13H,6-7H2,1H3,(H2,19,23)(H,22,24)/t13-/m1/s1. The highest BCUT2D eigenvalue weighted by molar-refractivity contribution is 5.97. The van der Waals surface area contributed by atoms with Gasteiger partial charge in [0.2, 0.25) is 5.89 Å². The van der Waals surface area contributed by atoms with E-state index < -0.39 is 0 Å². The van der Waals surface area contributed by atoms with Crippen LogP contribution in [0.25, 0.3) is 11.6 Å². The van der Waals surface area contributed by atoms with E-state index in [9.17, 15) is 4.79 Å². The van der Waals surface area contributed by atoms with Crippen molar-refractivity contribution in [2.45, 2.75) is 25.8 Å². The van der Waals surface area contributed by atoms with E-state index in [-0.39, 0.29) is 23.5 Å². The normalized spacial score (nSPS) is 15.8. The fourth-order valence-corrected chi connectivity index (χ4v) is 3.18. The molecule has 0 unspecified atom stereocenters. The maximum atomic E-state index is 12.6. The lowest BCUT2D eigenvalue weighted by Gasteiger charge is -2.15. The van der Waals surface area contributed by atoms with Crippen LogP contribution < -0.4 is 11.1 Å². The number of nitrogens with two attached hydrogens (primary N) is 1. The van der Waals surface area contributed by atoms with Crippen LogP contribution in [0.1, 0.15) is 39.8 Å². The van der Waals surface area contributed by atoms with Gasteiger partial charge in [-0.2, -0.15) is 0 Å². The Kier molecular flexibility index (Phi) is 3.68. The molecule has 0 bridgehead atoms. The van der Waals surface area contributed by atoms with Gasteiger partial charge >= 0.3 is 0 Å². The minimum atomic E-state index is -0.325. The second-order valence-corrected chi connectivity index (χ2v) is 5.99. The average molecular weight is 335 g/mol. The predicted molar refractivity (Wildman–Crippen MR) is 91.6 cm³/mol. The summed E-state index contributed by atoms with van der Waals surface area (Å²) in [4.78, 5) is 25.3. The van der Waals surface area contributed by atoms with E-state index in [1.807, 2.05) is 18.2 Å². The largest absolute Gasteiger partial charge is 0.443 e. The summed E-state index contributed by atoms with van der Waals surface area (Å²) in [5.74, 6) is 0.0599. The van der Waals surface area contributed by atoms with Gasteiger partial charge < -0.3 is 15.5 Å². The monoisotopic (exact) mass is 335 g/mol. The first-order valence-corrected chi connectivity index (χ1v) is 8.06. The first kappa shape index (κ1) is 15.3. The van der Waals surface area contributed by atoms with Crippen molar-refractivity contribution in [3.8, 4) is 11.6 Å². The van der Waals surface area contributed by atoms with Crippen LogP contribution in [0.15, 0.2) is 41.1 Å². The summed E-state index contributed by atoms with van der Waals surface area (Å²) in [6.45, 7) is 1.74. The molecule has 4 rings (SSSR count). The molecule has 0 spiro atoms. The molecule has 0 aliphatic heterocycles. The van der Waals surface area contributed by atoms with E-state index in [0.717, 1.165) is 18.4 Å². The quantitative estimate of drug-likeness (QED) is 0.761. The number of nitrogens with zero attached hydrogens (tertiary/aromatic N) is 3. The minimum absolute atomic E-state index is 0.0309. The first-order chi connectivity index (χ1) is 12.1. The Bertz CT molecular complexity index is 937. The number of amides is 1. The summed E-state index contributed by atoms with van der Waals surface area (Å²) < 4.78 is 5.23. The molecule has 0 fully saturated rings. The Morgan fingerprint density at radius 1 is 1.32 bits per heavy atom. The number of hydrogen-bond donors (Lipinski definition) is 2. The van der Waals surface area contributed by atoms with Gasteiger partial charge in [-0.05, 0) is 30.9 Å². The Morgan fingerprint density at radius 2 is 2.16 bits per heavy atom. The van der Waals surface area contributed by atoms with Gasteiger partial charge in [-0.3, -0.25) is 4.79 Å². The number of benzene rings is 1. The molecule has 1 aromatic carbocycles. The van der Waals surface area contributed by atoms with Crippen molar-refractivity contribution in [2.75, 3.05) is 5.73 Å².